The van der Waals surface area contributed by atoms with Crippen LogP contribution < -0.4 is 0 Å². The van der Waals surface area contributed by atoms with Crippen molar-refractivity contribution in [1.82, 2.24) is 9.21 Å². The van der Waals surface area contributed by atoms with Gasteiger partial charge >= 0.3 is 0 Å². The molecule has 2 atom stereocenters. The molecule has 0 bridgehead atoms. The van der Waals surface area contributed by atoms with Gasteiger partial charge in [0.05, 0.1) is 5.56 Å². The summed E-state index contributed by atoms with van der Waals surface area (Å²) in [5, 5.41) is -0.195. The molecule has 120 valence electrons. The van der Waals surface area contributed by atoms with Crippen molar-refractivity contribution in [1.29, 1.82) is 0 Å². The van der Waals surface area contributed by atoms with Crippen LogP contribution in [-0.4, -0.2) is 50.7 Å². The van der Waals surface area contributed by atoms with Gasteiger partial charge in [-0.2, -0.15) is 0 Å². The molecule has 0 aromatic carbocycles. The second-order valence-electron chi connectivity index (χ2n) is 6.11. The third-order valence-corrected chi connectivity index (χ3v) is 6.15. The number of carbonyl (C=O) groups is 1. The van der Waals surface area contributed by atoms with Crippen LogP contribution >= 0.6 is 0 Å². The van der Waals surface area contributed by atoms with Gasteiger partial charge in [0.15, 0.2) is 0 Å². The van der Waals surface area contributed by atoms with Crippen molar-refractivity contribution in [2.45, 2.75) is 17.9 Å². The minimum Gasteiger partial charge on any atom is -0.451 e. The van der Waals surface area contributed by atoms with Gasteiger partial charge < -0.3 is 9.32 Å². The number of carbonyl (C=O) groups excluding carboxylic acids is 1. The number of fused-ring (bicyclic) bond motifs is 1. The molecule has 0 N–H and O–H groups in total. The van der Waals surface area contributed by atoms with Crippen LogP contribution in [0.1, 0.15) is 23.2 Å². The zero-order valence-corrected chi connectivity index (χ0v) is 13.5. The Bertz CT molecular complexity index is 689. The molecule has 22 heavy (non-hydrogen) atoms. The second-order valence-corrected chi connectivity index (χ2v) is 8.20. The molecule has 1 fully saturated rings. The number of hydrogen-bond acceptors (Lipinski definition) is 4. The molecule has 0 radical (unpaired) electrons. The predicted octanol–water partition coefficient (Wildman–Crippen LogP) is 1.57. The number of likely N-dealkylation sites (tertiary alicyclic amines) is 1. The Labute approximate surface area is 130 Å². The van der Waals surface area contributed by atoms with Crippen LogP contribution in [0.25, 0.3) is 0 Å². The lowest BCUT2D eigenvalue weighted by Crippen LogP contribution is -2.28. The third kappa shape index (κ3) is 2.59. The van der Waals surface area contributed by atoms with Crippen molar-refractivity contribution < 1.29 is 17.6 Å². The summed E-state index contributed by atoms with van der Waals surface area (Å²) in [4.78, 5) is 14.3. The summed E-state index contributed by atoms with van der Waals surface area (Å²) in [5.74, 6) is 0.884. The molecular weight excluding hydrogens is 304 g/mol. The summed E-state index contributed by atoms with van der Waals surface area (Å²) >= 11 is 0. The van der Waals surface area contributed by atoms with E-state index in [9.17, 15) is 13.2 Å². The fourth-order valence-electron chi connectivity index (χ4n) is 3.11. The normalized spacial score (nSPS) is 24.8. The molecule has 2 aliphatic rings. The van der Waals surface area contributed by atoms with Crippen molar-refractivity contribution in [3.05, 3.63) is 30.0 Å². The zero-order valence-electron chi connectivity index (χ0n) is 12.7. The van der Waals surface area contributed by atoms with Gasteiger partial charge in [-0.3, -0.25) is 4.79 Å². The Kier molecular flexibility index (Phi) is 3.86. The lowest BCUT2D eigenvalue weighted by Gasteiger charge is -2.17. The van der Waals surface area contributed by atoms with Crippen LogP contribution in [0.4, 0.5) is 0 Å². The van der Waals surface area contributed by atoms with Crippen LogP contribution in [0.5, 0.6) is 0 Å². The Morgan fingerprint density at radius 2 is 1.82 bits per heavy atom. The highest BCUT2D eigenvalue weighted by Crippen LogP contribution is 2.33. The van der Waals surface area contributed by atoms with Gasteiger partial charge in [-0.1, -0.05) is 12.2 Å². The van der Waals surface area contributed by atoms with E-state index in [-0.39, 0.29) is 11.0 Å². The first-order valence-electron chi connectivity index (χ1n) is 7.35. The van der Waals surface area contributed by atoms with Crippen LogP contribution in [-0.2, 0) is 10.0 Å². The quantitative estimate of drug-likeness (QED) is 0.791. The monoisotopic (exact) mass is 324 g/mol. The van der Waals surface area contributed by atoms with Crippen molar-refractivity contribution in [3.63, 3.8) is 0 Å². The number of amides is 1. The molecule has 0 unspecified atom stereocenters. The van der Waals surface area contributed by atoms with Crippen LogP contribution in [0.15, 0.2) is 34.0 Å². The molecule has 1 aromatic rings. The summed E-state index contributed by atoms with van der Waals surface area (Å²) in [7, 11) is -0.792. The maximum absolute atomic E-state index is 12.5. The van der Waals surface area contributed by atoms with Crippen molar-refractivity contribution >= 4 is 15.9 Å². The maximum atomic E-state index is 12.5. The standard InChI is InChI=1S/C15H20N2O4S/c1-16(2)22(19,20)14-7-13(10-21-14)15(18)17-8-11-5-3-4-6-12(11)9-17/h3-4,7,10-12H,5-6,8-9H2,1-2H3/t11-,12-/m1/s1. The number of nitrogens with zero attached hydrogens (tertiary/aromatic N) is 2. The minimum atomic E-state index is -3.65. The van der Waals surface area contributed by atoms with Gasteiger partial charge in [-0.25, -0.2) is 12.7 Å². The van der Waals surface area contributed by atoms with Crippen molar-refractivity contribution in [2.24, 2.45) is 11.8 Å². The molecule has 7 heteroatoms. The molecule has 1 saturated heterocycles. The highest BCUT2D eigenvalue weighted by Gasteiger charge is 2.36. The number of allylic oxidation sites excluding steroid dienone is 2. The lowest BCUT2D eigenvalue weighted by atomic mass is 9.86. The average molecular weight is 324 g/mol. The van der Waals surface area contributed by atoms with E-state index in [1.54, 1.807) is 4.90 Å². The van der Waals surface area contributed by atoms with Gasteiger partial charge in [-0.15, -0.1) is 0 Å². The van der Waals surface area contributed by atoms with Crippen molar-refractivity contribution in [2.75, 3.05) is 27.2 Å². The fraction of sp³-hybridized carbons (Fsp3) is 0.533. The predicted molar refractivity (Wildman–Crippen MR) is 80.8 cm³/mol. The topological polar surface area (TPSA) is 70.8 Å². The van der Waals surface area contributed by atoms with Gasteiger partial charge in [0.2, 0.25) is 5.09 Å². The Hall–Kier alpha value is -1.60. The van der Waals surface area contributed by atoms with E-state index in [0.29, 0.717) is 17.4 Å². The molecular formula is C15H20N2O4S. The first-order valence-corrected chi connectivity index (χ1v) is 8.79. The Morgan fingerprint density at radius 1 is 1.23 bits per heavy atom. The molecule has 3 rings (SSSR count). The van der Waals surface area contributed by atoms with E-state index < -0.39 is 10.0 Å². The number of sulfonamides is 1. The van der Waals surface area contributed by atoms with Gasteiger partial charge in [0, 0.05) is 33.3 Å². The van der Waals surface area contributed by atoms with Crippen LogP contribution in [0.2, 0.25) is 0 Å². The van der Waals surface area contributed by atoms with Crippen LogP contribution in [0, 0.1) is 11.8 Å². The Morgan fingerprint density at radius 3 is 2.36 bits per heavy atom. The van der Waals surface area contributed by atoms with E-state index in [1.807, 2.05) is 0 Å². The summed E-state index contributed by atoms with van der Waals surface area (Å²) < 4.78 is 30.2. The van der Waals surface area contributed by atoms with E-state index in [0.717, 1.165) is 30.2 Å². The summed E-state index contributed by atoms with van der Waals surface area (Å²) in [5.41, 5.74) is 0.298. The summed E-state index contributed by atoms with van der Waals surface area (Å²) in [6, 6.07) is 1.32. The zero-order chi connectivity index (χ0) is 15.9. The average Bonchev–Trinajstić information content (AvgIpc) is 3.13. The van der Waals surface area contributed by atoms with E-state index in [1.165, 1.54) is 26.4 Å². The molecule has 6 nitrogen and oxygen atoms in total. The molecule has 0 saturated carbocycles. The smallest absolute Gasteiger partial charge is 0.275 e. The maximum Gasteiger partial charge on any atom is 0.275 e. The minimum absolute atomic E-state index is 0.154. The molecule has 1 aromatic heterocycles. The first-order chi connectivity index (χ1) is 10.4. The first kappa shape index (κ1) is 15.3. The van der Waals surface area contributed by atoms with Crippen LogP contribution in [0.3, 0.4) is 0 Å². The lowest BCUT2D eigenvalue weighted by molar-refractivity contribution is 0.0783. The molecule has 1 aliphatic carbocycles. The number of furan rings is 1. The molecule has 1 aliphatic heterocycles. The Balaban J connectivity index is 1.76. The highest BCUT2D eigenvalue weighted by atomic mass is 32.2. The fourth-order valence-corrected chi connectivity index (χ4v) is 3.91. The van der Waals surface area contributed by atoms with E-state index in [4.69, 9.17) is 4.42 Å². The number of hydrogen-bond donors (Lipinski definition) is 0. The summed E-state index contributed by atoms with van der Waals surface area (Å²) in [6.45, 7) is 1.46. The van der Waals surface area contributed by atoms with Gasteiger partial charge in [-0.05, 0) is 24.7 Å². The highest BCUT2D eigenvalue weighted by molar-refractivity contribution is 7.88. The number of rotatable bonds is 3. The van der Waals surface area contributed by atoms with E-state index in [2.05, 4.69) is 12.2 Å². The molecule has 1 amide bonds. The van der Waals surface area contributed by atoms with Crippen molar-refractivity contribution in [3.8, 4) is 0 Å². The summed E-state index contributed by atoms with van der Waals surface area (Å²) in [6.07, 6.45) is 7.61. The van der Waals surface area contributed by atoms with Gasteiger partial charge in [0.25, 0.3) is 15.9 Å². The second kappa shape index (κ2) is 5.55. The van der Waals surface area contributed by atoms with E-state index >= 15 is 0 Å². The molecule has 0 spiro atoms. The van der Waals surface area contributed by atoms with Gasteiger partial charge in [0.1, 0.15) is 6.26 Å². The SMILES string of the molecule is CN(C)S(=O)(=O)c1cc(C(=O)N2C[C@H]3CC=CC[C@@H]3C2)co1. The third-order valence-electron chi connectivity index (χ3n) is 4.47. The largest absolute Gasteiger partial charge is 0.451 e. The molecule has 2 heterocycles.